The molecule has 0 unspecified atom stereocenters. The van der Waals surface area contributed by atoms with Gasteiger partial charge in [-0.2, -0.15) is 0 Å². The van der Waals surface area contributed by atoms with E-state index in [9.17, 15) is 4.79 Å². The Bertz CT molecular complexity index is 768. The van der Waals surface area contributed by atoms with Crippen molar-refractivity contribution in [1.29, 1.82) is 0 Å². The van der Waals surface area contributed by atoms with Crippen molar-refractivity contribution in [2.75, 3.05) is 25.0 Å². The number of rotatable bonds is 10. The van der Waals surface area contributed by atoms with Crippen LogP contribution in [0.3, 0.4) is 0 Å². The number of carbonyl (C=O) groups excluding carboxylic acids is 1. The Morgan fingerprint density at radius 3 is 2.61 bits per heavy atom. The zero-order valence-corrected chi connectivity index (χ0v) is 18.6. The van der Waals surface area contributed by atoms with Crippen molar-refractivity contribution in [3.63, 3.8) is 0 Å². The molecular formula is C21H29ClN4OS. The topological polar surface area (TPSA) is 58.1 Å². The van der Waals surface area contributed by atoms with Gasteiger partial charge in [-0.1, -0.05) is 56.3 Å². The van der Waals surface area contributed by atoms with E-state index in [0.29, 0.717) is 34.1 Å². The molecule has 0 aliphatic carbocycles. The van der Waals surface area contributed by atoms with E-state index in [1.165, 1.54) is 11.8 Å². The largest absolute Gasteiger partial charge is 0.360 e. The smallest absolute Gasteiger partial charge is 0.251 e. The quantitative estimate of drug-likeness (QED) is 0.331. The van der Waals surface area contributed by atoms with E-state index in [1.54, 1.807) is 6.07 Å². The summed E-state index contributed by atoms with van der Waals surface area (Å²) >= 11 is 7.69. The fourth-order valence-corrected chi connectivity index (χ4v) is 3.61. The van der Waals surface area contributed by atoms with E-state index in [1.807, 2.05) is 31.3 Å². The number of nitrogens with one attached hydrogen (secondary N) is 1. The van der Waals surface area contributed by atoms with Gasteiger partial charge in [-0.05, 0) is 36.5 Å². The molecule has 0 bridgehead atoms. The highest BCUT2D eigenvalue weighted by molar-refractivity contribution is 7.98. The number of hydrogen-bond donors (Lipinski definition) is 1. The van der Waals surface area contributed by atoms with Gasteiger partial charge in [-0.25, -0.2) is 9.97 Å². The molecule has 1 heterocycles. The van der Waals surface area contributed by atoms with Crippen molar-refractivity contribution in [3.8, 4) is 0 Å². The van der Waals surface area contributed by atoms with Crippen LogP contribution in [0.25, 0.3) is 0 Å². The van der Waals surface area contributed by atoms with Gasteiger partial charge in [0.1, 0.15) is 11.0 Å². The molecule has 0 saturated carbocycles. The summed E-state index contributed by atoms with van der Waals surface area (Å²) in [6.07, 6.45) is 2.02. The van der Waals surface area contributed by atoms with Crippen molar-refractivity contribution in [1.82, 2.24) is 15.3 Å². The highest BCUT2D eigenvalue weighted by Gasteiger charge is 2.09. The summed E-state index contributed by atoms with van der Waals surface area (Å²) in [5.41, 5.74) is 1.79. The van der Waals surface area contributed by atoms with Crippen LogP contribution in [-0.4, -0.2) is 36.0 Å². The maximum Gasteiger partial charge on any atom is 0.251 e. The predicted molar refractivity (Wildman–Crippen MR) is 118 cm³/mol. The number of amides is 1. The van der Waals surface area contributed by atoms with Crippen molar-refractivity contribution in [3.05, 3.63) is 46.6 Å². The van der Waals surface area contributed by atoms with Crippen LogP contribution in [0.4, 0.5) is 5.82 Å². The zero-order chi connectivity index (χ0) is 20.5. The molecule has 1 N–H and O–H groups in total. The number of halogens is 1. The first-order chi connectivity index (χ1) is 13.4. The summed E-state index contributed by atoms with van der Waals surface area (Å²) in [6, 6.07) is 9.45. The predicted octanol–water partition coefficient (Wildman–Crippen LogP) is 5.04. The lowest BCUT2D eigenvalue weighted by molar-refractivity contribution is 0.0952. The maximum absolute atomic E-state index is 12.2. The molecule has 0 fully saturated rings. The van der Waals surface area contributed by atoms with Gasteiger partial charge < -0.3 is 10.2 Å². The number of hydrogen-bond acceptors (Lipinski definition) is 5. The molecule has 0 spiro atoms. The second-order valence-electron chi connectivity index (χ2n) is 7.18. The van der Waals surface area contributed by atoms with Crippen LogP contribution >= 0.6 is 23.4 Å². The minimum Gasteiger partial charge on any atom is -0.360 e. The Kier molecular flexibility index (Phi) is 9.06. The van der Waals surface area contributed by atoms with Crippen LogP contribution in [0.15, 0.2) is 35.5 Å². The van der Waals surface area contributed by atoms with Crippen molar-refractivity contribution in [2.24, 2.45) is 5.92 Å². The Morgan fingerprint density at radius 2 is 1.96 bits per heavy atom. The molecule has 2 aromatic rings. The summed E-state index contributed by atoms with van der Waals surface area (Å²) in [5.74, 6) is 2.10. The van der Waals surface area contributed by atoms with Crippen molar-refractivity contribution >= 4 is 35.1 Å². The second-order valence-corrected chi connectivity index (χ2v) is 8.51. The third-order valence-electron chi connectivity index (χ3n) is 4.20. The monoisotopic (exact) mass is 420 g/mol. The molecular weight excluding hydrogens is 392 g/mol. The van der Waals surface area contributed by atoms with Gasteiger partial charge in [0, 0.05) is 37.5 Å². The molecule has 0 saturated heterocycles. The SMILES string of the molecule is CCCN(C)c1cc(Cl)nc(SCc2ccc(C(=O)NCCC(C)C)cc2)n1. The highest BCUT2D eigenvalue weighted by Crippen LogP contribution is 2.24. The van der Waals surface area contributed by atoms with Crippen molar-refractivity contribution < 1.29 is 4.79 Å². The molecule has 1 amide bonds. The molecule has 7 heteroatoms. The minimum atomic E-state index is -0.0263. The lowest BCUT2D eigenvalue weighted by atomic mass is 10.1. The Labute approximate surface area is 177 Å². The molecule has 1 aromatic heterocycles. The van der Waals surface area contributed by atoms with E-state index in [4.69, 9.17) is 11.6 Å². The number of nitrogens with zero attached hydrogens (tertiary/aromatic N) is 3. The molecule has 0 radical (unpaired) electrons. The Balaban J connectivity index is 1.93. The molecule has 5 nitrogen and oxygen atoms in total. The van der Waals surface area contributed by atoms with Crippen LogP contribution in [0.2, 0.25) is 5.15 Å². The van der Waals surface area contributed by atoms with E-state index < -0.39 is 0 Å². The third-order valence-corrected chi connectivity index (χ3v) is 5.31. The number of carbonyl (C=O) groups is 1. The fraction of sp³-hybridized carbons (Fsp3) is 0.476. The average molecular weight is 421 g/mol. The summed E-state index contributed by atoms with van der Waals surface area (Å²) in [7, 11) is 2.00. The molecule has 152 valence electrons. The molecule has 0 aliphatic heterocycles. The van der Waals surface area contributed by atoms with Crippen molar-refractivity contribution in [2.45, 2.75) is 44.5 Å². The molecule has 28 heavy (non-hydrogen) atoms. The number of benzene rings is 1. The summed E-state index contributed by atoms with van der Waals surface area (Å²) < 4.78 is 0. The first kappa shape index (κ1) is 22.5. The average Bonchev–Trinajstić information content (AvgIpc) is 2.66. The number of thioether (sulfide) groups is 1. The minimum absolute atomic E-state index is 0.0263. The lowest BCUT2D eigenvalue weighted by Crippen LogP contribution is -2.25. The molecule has 0 atom stereocenters. The van der Waals surface area contributed by atoms with E-state index in [-0.39, 0.29) is 5.91 Å². The van der Waals surface area contributed by atoms with Gasteiger partial charge in [-0.15, -0.1) is 0 Å². The fourth-order valence-electron chi connectivity index (χ4n) is 2.57. The second kappa shape index (κ2) is 11.3. The van der Waals surface area contributed by atoms with Gasteiger partial charge >= 0.3 is 0 Å². The Morgan fingerprint density at radius 1 is 1.25 bits per heavy atom. The summed E-state index contributed by atoms with van der Waals surface area (Å²) in [5, 5.41) is 4.06. The van der Waals surface area contributed by atoms with Gasteiger partial charge in [-0.3, -0.25) is 4.79 Å². The zero-order valence-electron chi connectivity index (χ0n) is 17.0. The Hall–Kier alpha value is -1.79. The first-order valence-corrected chi connectivity index (χ1v) is 11.0. The molecule has 0 aliphatic rings. The van der Waals surface area contributed by atoms with Crippen LogP contribution in [0.1, 0.15) is 49.5 Å². The van der Waals surface area contributed by atoms with Gasteiger partial charge in [0.15, 0.2) is 5.16 Å². The maximum atomic E-state index is 12.2. The van der Waals surface area contributed by atoms with Crippen LogP contribution in [-0.2, 0) is 5.75 Å². The first-order valence-electron chi connectivity index (χ1n) is 9.64. The van der Waals surface area contributed by atoms with Crippen LogP contribution in [0, 0.1) is 5.92 Å². The third kappa shape index (κ3) is 7.32. The van der Waals surface area contributed by atoms with Gasteiger partial charge in [0.25, 0.3) is 5.91 Å². The van der Waals surface area contributed by atoms with E-state index in [0.717, 1.165) is 30.8 Å². The molecule has 1 aromatic carbocycles. The van der Waals surface area contributed by atoms with Crippen LogP contribution < -0.4 is 10.2 Å². The van der Waals surface area contributed by atoms with E-state index in [2.05, 4.69) is 41.0 Å². The van der Waals surface area contributed by atoms with Gasteiger partial charge in [0.2, 0.25) is 0 Å². The molecule has 2 rings (SSSR count). The van der Waals surface area contributed by atoms with Crippen LogP contribution in [0.5, 0.6) is 0 Å². The normalized spacial score (nSPS) is 10.9. The standard InChI is InChI=1S/C21H29ClN4OS/c1-5-12-26(4)19-13-18(22)24-21(25-19)28-14-16-6-8-17(9-7-16)20(27)23-11-10-15(2)3/h6-9,13,15H,5,10-12,14H2,1-4H3,(H,23,27). The summed E-state index contributed by atoms with van der Waals surface area (Å²) in [6.45, 7) is 8.04. The number of aromatic nitrogens is 2. The van der Waals surface area contributed by atoms with E-state index >= 15 is 0 Å². The highest BCUT2D eigenvalue weighted by atomic mass is 35.5. The lowest BCUT2D eigenvalue weighted by Gasteiger charge is -2.17. The summed E-state index contributed by atoms with van der Waals surface area (Å²) in [4.78, 5) is 23.1. The number of anilines is 1. The van der Waals surface area contributed by atoms with Gasteiger partial charge in [0.05, 0.1) is 0 Å².